The Morgan fingerprint density at radius 1 is 0.600 bits per heavy atom. The van der Waals surface area contributed by atoms with Gasteiger partial charge in [0.2, 0.25) is 0 Å². The first-order chi connectivity index (χ1) is 16.4. The Morgan fingerprint density at radius 2 is 1.14 bits per heavy atom. The Morgan fingerprint density at radius 3 is 1.57 bits per heavy atom. The van der Waals surface area contributed by atoms with Crippen LogP contribution in [-0.2, 0) is 0 Å². The van der Waals surface area contributed by atoms with Crippen LogP contribution in [0.2, 0.25) is 10.0 Å². The number of hydrogen-bond acceptors (Lipinski definition) is 0. The van der Waals surface area contributed by atoms with E-state index in [9.17, 15) is 8.78 Å². The number of halogens is 10. The molecular weight excluding hydrogens is 1080 g/mol. The molecule has 4 rings (SSSR count). The molecule has 0 amide bonds. The zero-order valence-electron chi connectivity index (χ0n) is 17.8. The molecule has 0 nitrogen and oxygen atoms in total. The van der Waals surface area contributed by atoms with E-state index < -0.39 is 0 Å². The summed E-state index contributed by atoms with van der Waals surface area (Å²) in [6, 6.07) is 23.8. The molecule has 0 aliphatic carbocycles. The summed E-state index contributed by atoms with van der Waals surface area (Å²) in [6.45, 7) is 2.08. The molecule has 0 aliphatic heterocycles. The normalized spacial score (nSPS) is 9.57. The maximum Gasteiger partial charge on any atom is 0.142 e. The summed E-state index contributed by atoms with van der Waals surface area (Å²) in [5, 5.41) is 0.359. The Hall–Kier alpha value is 1.20. The summed E-state index contributed by atoms with van der Waals surface area (Å²) < 4.78 is 31.5. The smallest absolute Gasteiger partial charge is 0.142 e. The van der Waals surface area contributed by atoms with Crippen molar-refractivity contribution in [3.05, 3.63) is 129 Å². The monoisotopic (exact) mass is 1090 g/mol. The van der Waals surface area contributed by atoms with Crippen molar-refractivity contribution >= 4 is 145 Å². The van der Waals surface area contributed by atoms with Gasteiger partial charge in [-0.1, -0.05) is 67.2 Å². The first kappa shape index (κ1) is 34.2. The van der Waals surface area contributed by atoms with Gasteiger partial charge in [0.15, 0.2) is 0 Å². The number of aryl methyl sites for hydroxylation is 1. The van der Waals surface area contributed by atoms with Crippen LogP contribution in [0.1, 0.15) is 5.56 Å². The molecule has 4 aromatic carbocycles. The second-order valence-corrected chi connectivity index (χ2v) is 14.0. The van der Waals surface area contributed by atoms with Crippen molar-refractivity contribution in [2.75, 3.05) is 0 Å². The van der Waals surface area contributed by atoms with Gasteiger partial charge in [-0.2, -0.15) is 0 Å². The minimum atomic E-state index is -0.364. The van der Waals surface area contributed by atoms with Crippen molar-refractivity contribution in [3.63, 3.8) is 0 Å². The van der Waals surface area contributed by atoms with Crippen molar-refractivity contribution in [2.45, 2.75) is 6.92 Å². The Labute approximate surface area is 286 Å². The van der Waals surface area contributed by atoms with Gasteiger partial charge in [-0.25, -0.2) is 8.78 Å². The van der Waals surface area contributed by atoms with Crippen LogP contribution in [0, 0.1) is 32.8 Å². The van der Waals surface area contributed by atoms with Gasteiger partial charge in [-0.05, 0) is 170 Å². The van der Waals surface area contributed by atoms with E-state index in [1.165, 1.54) is 29.3 Å². The second kappa shape index (κ2) is 18.5. The van der Waals surface area contributed by atoms with Crippen molar-refractivity contribution in [1.29, 1.82) is 0 Å². The highest BCUT2D eigenvalue weighted by atomic mass is 127. The molecule has 0 bridgehead atoms. The van der Waals surface area contributed by atoms with Crippen LogP contribution in [0.4, 0.5) is 8.78 Å². The van der Waals surface area contributed by atoms with E-state index in [1.807, 2.05) is 34.7 Å². The zero-order chi connectivity index (χ0) is 26.5. The molecule has 0 radical (unpaired) electrons. The van der Waals surface area contributed by atoms with E-state index in [0.29, 0.717) is 0 Å². The van der Waals surface area contributed by atoms with Gasteiger partial charge in [0.25, 0.3) is 0 Å². The molecule has 4 aromatic rings. The van der Waals surface area contributed by atoms with Gasteiger partial charge in [0.05, 0.1) is 10.0 Å². The van der Waals surface area contributed by atoms with Crippen LogP contribution < -0.4 is 0 Å². The molecule has 0 spiro atoms. The molecule has 0 heterocycles. The second-order valence-electron chi connectivity index (χ2n) is 6.45. The summed E-state index contributed by atoms with van der Waals surface area (Å²) in [5.41, 5.74) is 1.29. The third-order valence-electron chi connectivity index (χ3n) is 3.68. The molecule has 10 heteroatoms. The maximum absolute atomic E-state index is 12.4. The van der Waals surface area contributed by atoms with Crippen LogP contribution in [0.5, 0.6) is 0 Å². The molecule has 0 N–H and O–H groups in total. The SMILES string of the molecule is Brc1cccc(I)c1.Cc1ccc(I)cc1Br.Fc1cc(I)ccc1Cl.Fc1ccc(I)cc1Cl. The molecular formula is C25H16Br2Cl2F2I4. The van der Waals surface area contributed by atoms with Gasteiger partial charge >= 0.3 is 0 Å². The predicted octanol–water partition coefficient (Wildman–Crippen LogP) is 12.6. The summed E-state index contributed by atoms with van der Waals surface area (Å²) >= 11 is 26.3. The van der Waals surface area contributed by atoms with Gasteiger partial charge in [-0.3, -0.25) is 0 Å². The minimum Gasteiger partial charge on any atom is -0.205 e. The molecule has 0 saturated carbocycles. The fourth-order valence-corrected chi connectivity index (χ4v) is 6.06. The third kappa shape index (κ3) is 15.4. The van der Waals surface area contributed by atoms with E-state index in [-0.39, 0.29) is 21.7 Å². The number of hydrogen-bond donors (Lipinski definition) is 0. The van der Waals surface area contributed by atoms with Gasteiger partial charge in [0, 0.05) is 23.2 Å². The predicted molar refractivity (Wildman–Crippen MR) is 187 cm³/mol. The Kier molecular flexibility index (Phi) is 18.1. The highest BCUT2D eigenvalue weighted by Gasteiger charge is 1.97. The Bertz CT molecular complexity index is 1110. The average Bonchev–Trinajstić information content (AvgIpc) is 2.78. The topological polar surface area (TPSA) is 0 Å². The summed E-state index contributed by atoms with van der Waals surface area (Å²) in [5.74, 6) is -0.722. The lowest BCUT2D eigenvalue weighted by molar-refractivity contribution is 0.627. The van der Waals surface area contributed by atoms with Gasteiger partial charge in [-0.15, -0.1) is 0 Å². The van der Waals surface area contributed by atoms with Crippen molar-refractivity contribution in [3.8, 4) is 0 Å². The van der Waals surface area contributed by atoms with E-state index in [1.54, 1.807) is 24.3 Å². The number of rotatable bonds is 0. The molecule has 0 fully saturated rings. The molecule has 0 aromatic heterocycles. The molecule has 0 unspecified atom stereocenters. The minimum absolute atomic E-state index is 0.176. The lowest BCUT2D eigenvalue weighted by atomic mass is 10.2. The van der Waals surface area contributed by atoms with Crippen LogP contribution in [0.15, 0.2) is 87.8 Å². The van der Waals surface area contributed by atoms with Gasteiger partial charge in [0.1, 0.15) is 11.6 Å². The van der Waals surface area contributed by atoms with Crippen molar-refractivity contribution in [1.82, 2.24) is 0 Å². The van der Waals surface area contributed by atoms with E-state index in [4.69, 9.17) is 23.2 Å². The standard InChI is InChI=1S/C7H6BrI.C6H4BrI.2C6H3ClFI/c1-5-2-3-6(9)4-7(5)8;7-5-2-1-3-6(8)4-5;7-5-3-4(9)1-2-6(5)8;7-5-2-1-4(9)3-6(5)8/h2-4H,1H3;1-4H;2*1-3H. The van der Waals surface area contributed by atoms with Crippen LogP contribution in [0.3, 0.4) is 0 Å². The lowest BCUT2D eigenvalue weighted by Gasteiger charge is -1.95. The van der Waals surface area contributed by atoms with Crippen molar-refractivity contribution in [2.24, 2.45) is 0 Å². The lowest BCUT2D eigenvalue weighted by Crippen LogP contribution is -1.76. The quantitative estimate of drug-likeness (QED) is 0.122. The maximum atomic E-state index is 12.4. The van der Waals surface area contributed by atoms with Crippen molar-refractivity contribution < 1.29 is 8.78 Å². The highest BCUT2D eigenvalue weighted by molar-refractivity contribution is 14.1. The summed E-state index contributed by atoms with van der Waals surface area (Å²) in [6.07, 6.45) is 0. The highest BCUT2D eigenvalue weighted by Crippen LogP contribution is 2.19. The average molecular weight is 1090 g/mol. The van der Waals surface area contributed by atoms with E-state index in [2.05, 4.69) is 137 Å². The fourth-order valence-electron chi connectivity index (χ4n) is 1.97. The molecule has 35 heavy (non-hydrogen) atoms. The van der Waals surface area contributed by atoms with Gasteiger partial charge < -0.3 is 0 Å². The van der Waals surface area contributed by atoms with E-state index in [0.717, 1.165) is 11.6 Å². The summed E-state index contributed by atoms with van der Waals surface area (Å²) in [4.78, 5) is 0. The molecule has 0 saturated heterocycles. The molecule has 0 atom stereocenters. The summed E-state index contributed by atoms with van der Waals surface area (Å²) in [7, 11) is 0. The van der Waals surface area contributed by atoms with E-state index >= 15 is 0 Å². The third-order valence-corrected chi connectivity index (χ3v) is 8.31. The molecule has 0 aliphatic rings. The van der Waals surface area contributed by atoms with Crippen LogP contribution in [-0.4, -0.2) is 0 Å². The van der Waals surface area contributed by atoms with Crippen LogP contribution >= 0.6 is 145 Å². The zero-order valence-corrected chi connectivity index (χ0v) is 31.1. The number of benzene rings is 4. The fraction of sp³-hybridized carbons (Fsp3) is 0.0400. The largest absolute Gasteiger partial charge is 0.205 e. The Balaban J connectivity index is 0.000000234. The molecule has 186 valence electrons. The first-order valence-electron chi connectivity index (χ1n) is 9.43. The first-order valence-corrected chi connectivity index (χ1v) is 16.1. The van der Waals surface area contributed by atoms with Crippen LogP contribution in [0.25, 0.3) is 0 Å².